The molecule has 1 heterocycles. The largest absolute Gasteiger partial charge is 0.437 e. The van der Waals surface area contributed by atoms with Gasteiger partial charge < -0.3 is 10.2 Å². The predicted octanol–water partition coefficient (Wildman–Crippen LogP) is 3.33. The maximum absolute atomic E-state index is 13.3. The highest BCUT2D eigenvalue weighted by atomic mass is 79.9. The first kappa shape index (κ1) is 14.7. The number of hydrogen-bond acceptors (Lipinski definition) is 5. The quantitative estimate of drug-likeness (QED) is 0.659. The van der Waals surface area contributed by atoms with Crippen molar-refractivity contribution in [1.29, 1.82) is 0 Å². The number of benzene rings is 1. The number of aryl methyl sites for hydroxylation is 1. The fraction of sp³-hybridized carbons (Fsp3) is 0.231. The van der Waals surface area contributed by atoms with Gasteiger partial charge in [0, 0.05) is 12.5 Å². The van der Waals surface area contributed by atoms with Gasteiger partial charge in [0.2, 0.25) is 5.88 Å². The molecule has 0 fully saturated rings. The van der Waals surface area contributed by atoms with E-state index in [9.17, 15) is 4.39 Å². The zero-order chi connectivity index (χ0) is 14.7. The van der Waals surface area contributed by atoms with Gasteiger partial charge >= 0.3 is 0 Å². The Morgan fingerprint density at radius 1 is 1.40 bits per heavy atom. The van der Waals surface area contributed by atoms with E-state index in [1.807, 2.05) is 6.92 Å². The third-order valence-corrected chi connectivity index (χ3v) is 3.36. The topological polar surface area (TPSA) is 73.1 Å². The number of nitrogens with zero attached hydrogens (tertiary/aromatic N) is 2. The number of ether oxygens (including phenoxy) is 1. The zero-order valence-electron chi connectivity index (χ0n) is 11.1. The number of nitrogens with two attached hydrogens (primary N) is 1. The molecule has 1 aromatic carbocycles. The number of anilines is 1. The Hall–Kier alpha value is -1.73. The highest BCUT2D eigenvalue weighted by Gasteiger charge is 2.13. The van der Waals surface area contributed by atoms with Crippen molar-refractivity contribution >= 4 is 21.7 Å². The second kappa shape index (κ2) is 6.15. The van der Waals surface area contributed by atoms with E-state index in [-0.39, 0.29) is 5.82 Å². The summed E-state index contributed by atoms with van der Waals surface area (Å²) in [5.74, 6) is 6.80. The van der Waals surface area contributed by atoms with Crippen LogP contribution in [0.1, 0.15) is 18.3 Å². The third kappa shape index (κ3) is 3.05. The summed E-state index contributed by atoms with van der Waals surface area (Å²) >= 11 is 3.31. The van der Waals surface area contributed by atoms with Crippen molar-refractivity contribution in [1.82, 2.24) is 9.97 Å². The highest BCUT2D eigenvalue weighted by Crippen LogP contribution is 2.32. The standard InChI is InChI=1S/C13H14BrFN4O/c1-3-11-17-12(19-16)7(2)13(18-11)20-10-6-8(15)4-5-9(10)14/h4-6H,3,16H2,1-2H3,(H,17,18,19). The monoisotopic (exact) mass is 340 g/mol. The Kier molecular flexibility index (Phi) is 4.51. The molecule has 0 saturated heterocycles. The van der Waals surface area contributed by atoms with Crippen LogP contribution in [0.5, 0.6) is 11.6 Å². The summed E-state index contributed by atoms with van der Waals surface area (Å²) in [6.45, 7) is 3.70. The van der Waals surface area contributed by atoms with Crippen LogP contribution in [-0.4, -0.2) is 9.97 Å². The molecule has 1 aromatic heterocycles. The molecule has 0 amide bonds. The van der Waals surface area contributed by atoms with Crippen molar-refractivity contribution in [2.24, 2.45) is 5.84 Å². The zero-order valence-corrected chi connectivity index (χ0v) is 12.7. The van der Waals surface area contributed by atoms with E-state index in [4.69, 9.17) is 10.6 Å². The summed E-state index contributed by atoms with van der Waals surface area (Å²) in [6, 6.07) is 4.20. The van der Waals surface area contributed by atoms with E-state index in [1.54, 1.807) is 13.0 Å². The minimum Gasteiger partial charge on any atom is -0.437 e. The van der Waals surface area contributed by atoms with Crippen LogP contribution in [0.4, 0.5) is 10.2 Å². The first-order valence-electron chi connectivity index (χ1n) is 6.02. The lowest BCUT2D eigenvalue weighted by molar-refractivity contribution is 0.448. The van der Waals surface area contributed by atoms with Crippen LogP contribution in [0.25, 0.3) is 0 Å². The van der Waals surface area contributed by atoms with Gasteiger partial charge in [0.25, 0.3) is 0 Å². The minimum absolute atomic E-state index is 0.344. The van der Waals surface area contributed by atoms with E-state index >= 15 is 0 Å². The van der Waals surface area contributed by atoms with Crippen LogP contribution in [0.2, 0.25) is 0 Å². The summed E-state index contributed by atoms with van der Waals surface area (Å²) in [4.78, 5) is 8.53. The van der Waals surface area contributed by atoms with Gasteiger partial charge in [-0.05, 0) is 35.0 Å². The van der Waals surface area contributed by atoms with Crippen LogP contribution in [-0.2, 0) is 6.42 Å². The van der Waals surface area contributed by atoms with E-state index in [1.165, 1.54) is 12.1 Å². The predicted molar refractivity (Wildman–Crippen MR) is 78.1 cm³/mol. The first-order chi connectivity index (χ1) is 9.55. The normalized spacial score (nSPS) is 10.4. The SMILES string of the molecule is CCc1nc(NN)c(C)c(Oc2cc(F)ccc2Br)n1. The second-order valence-electron chi connectivity index (χ2n) is 4.09. The van der Waals surface area contributed by atoms with Crippen LogP contribution in [0.15, 0.2) is 22.7 Å². The second-order valence-corrected chi connectivity index (χ2v) is 4.95. The Balaban J connectivity index is 2.44. The third-order valence-electron chi connectivity index (χ3n) is 2.70. The Morgan fingerprint density at radius 3 is 2.80 bits per heavy atom. The molecule has 2 aromatic rings. The highest BCUT2D eigenvalue weighted by molar-refractivity contribution is 9.10. The number of nitrogens with one attached hydrogen (secondary N) is 1. The number of aromatic nitrogens is 2. The molecule has 0 bridgehead atoms. The van der Waals surface area contributed by atoms with Crippen molar-refractivity contribution in [2.75, 3.05) is 5.43 Å². The molecular weight excluding hydrogens is 327 g/mol. The molecule has 2 rings (SSSR count). The van der Waals surface area contributed by atoms with Crippen LogP contribution < -0.4 is 16.0 Å². The molecule has 3 N–H and O–H groups in total. The van der Waals surface area contributed by atoms with Crippen LogP contribution >= 0.6 is 15.9 Å². The minimum atomic E-state index is -0.386. The molecule has 0 atom stereocenters. The number of rotatable bonds is 4. The number of halogens is 2. The summed E-state index contributed by atoms with van der Waals surface area (Å²) in [5, 5.41) is 0. The van der Waals surface area contributed by atoms with E-state index < -0.39 is 0 Å². The van der Waals surface area contributed by atoms with Gasteiger partial charge in [0.15, 0.2) is 0 Å². The molecule has 5 nitrogen and oxygen atoms in total. The first-order valence-corrected chi connectivity index (χ1v) is 6.81. The van der Waals surface area contributed by atoms with Crippen molar-refractivity contribution in [3.8, 4) is 11.6 Å². The molecule has 0 saturated carbocycles. The average molecular weight is 341 g/mol. The lowest BCUT2D eigenvalue weighted by atomic mass is 10.3. The average Bonchev–Trinajstić information content (AvgIpc) is 2.45. The van der Waals surface area contributed by atoms with Gasteiger partial charge in [-0.25, -0.2) is 15.2 Å². The van der Waals surface area contributed by atoms with Crippen molar-refractivity contribution in [3.05, 3.63) is 39.9 Å². The van der Waals surface area contributed by atoms with Gasteiger partial charge in [-0.1, -0.05) is 6.92 Å². The molecule has 0 radical (unpaired) electrons. The van der Waals surface area contributed by atoms with E-state index in [0.717, 1.165) is 0 Å². The molecule has 0 unspecified atom stereocenters. The smallest absolute Gasteiger partial charge is 0.227 e. The molecule has 0 aliphatic heterocycles. The summed E-state index contributed by atoms with van der Waals surface area (Å²) < 4.78 is 19.6. The summed E-state index contributed by atoms with van der Waals surface area (Å²) in [5.41, 5.74) is 3.16. The lowest BCUT2D eigenvalue weighted by Crippen LogP contribution is -2.13. The lowest BCUT2D eigenvalue weighted by Gasteiger charge is -2.13. The van der Waals surface area contributed by atoms with Gasteiger partial charge in [-0.3, -0.25) is 0 Å². The number of hydrogen-bond donors (Lipinski definition) is 2. The van der Waals surface area contributed by atoms with Crippen molar-refractivity contribution < 1.29 is 9.13 Å². The maximum atomic E-state index is 13.3. The van der Waals surface area contributed by atoms with Gasteiger partial charge in [0.1, 0.15) is 23.2 Å². The molecule has 0 aliphatic rings. The van der Waals surface area contributed by atoms with E-state index in [0.29, 0.717) is 39.7 Å². The maximum Gasteiger partial charge on any atom is 0.227 e. The Bertz CT molecular complexity index is 636. The molecule has 20 heavy (non-hydrogen) atoms. The molecule has 106 valence electrons. The number of hydrazine groups is 1. The fourth-order valence-corrected chi connectivity index (χ4v) is 1.93. The summed E-state index contributed by atoms with van der Waals surface area (Å²) in [7, 11) is 0. The molecular formula is C13H14BrFN4O. The Labute approximate surface area is 124 Å². The van der Waals surface area contributed by atoms with Crippen LogP contribution in [0, 0.1) is 12.7 Å². The number of nitrogen functional groups attached to an aromatic ring is 1. The molecule has 0 aliphatic carbocycles. The summed E-state index contributed by atoms with van der Waals surface area (Å²) in [6.07, 6.45) is 0.635. The van der Waals surface area contributed by atoms with Crippen molar-refractivity contribution in [3.63, 3.8) is 0 Å². The Morgan fingerprint density at radius 2 is 2.15 bits per heavy atom. The van der Waals surface area contributed by atoms with Crippen molar-refractivity contribution in [2.45, 2.75) is 20.3 Å². The van der Waals surface area contributed by atoms with E-state index in [2.05, 4.69) is 31.3 Å². The van der Waals surface area contributed by atoms with Gasteiger partial charge in [-0.15, -0.1) is 0 Å². The molecule has 0 spiro atoms. The van der Waals surface area contributed by atoms with Crippen LogP contribution in [0.3, 0.4) is 0 Å². The molecule has 7 heteroatoms. The van der Waals surface area contributed by atoms with Gasteiger partial charge in [0.05, 0.1) is 10.0 Å². The fourth-order valence-electron chi connectivity index (χ4n) is 1.60. The van der Waals surface area contributed by atoms with Gasteiger partial charge in [-0.2, -0.15) is 4.98 Å².